The monoisotopic (exact) mass is 250 g/mol. The van der Waals surface area contributed by atoms with Crippen LogP contribution in [0.2, 0.25) is 0 Å². The zero-order valence-corrected chi connectivity index (χ0v) is 10.7. The zero-order valence-electron chi connectivity index (χ0n) is 10.7. The van der Waals surface area contributed by atoms with Crippen LogP contribution in [-0.2, 0) is 4.79 Å². The Kier molecular flexibility index (Phi) is 3.35. The SMILES string of the molecule is CC(=O)/C(C)=C(\C#N)c1c([O-])ccc2ccccc12. The van der Waals surface area contributed by atoms with Crippen LogP contribution in [0.4, 0.5) is 0 Å². The van der Waals surface area contributed by atoms with Gasteiger partial charge >= 0.3 is 0 Å². The van der Waals surface area contributed by atoms with Crippen molar-refractivity contribution in [3.63, 3.8) is 0 Å². The Morgan fingerprint density at radius 2 is 1.84 bits per heavy atom. The molecule has 0 spiro atoms. The summed E-state index contributed by atoms with van der Waals surface area (Å²) < 4.78 is 0. The Balaban J connectivity index is 2.89. The molecule has 0 aromatic heterocycles. The Morgan fingerprint density at radius 1 is 1.16 bits per heavy atom. The first kappa shape index (κ1) is 12.8. The molecule has 94 valence electrons. The highest BCUT2D eigenvalue weighted by Gasteiger charge is 2.12. The van der Waals surface area contributed by atoms with Gasteiger partial charge in [0.1, 0.15) is 6.07 Å². The molecule has 2 aromatic rings. The van der Waals surface area contributed by atoms with Crippen molar-refractivity contribution in [2.45, 2.75) is 13.8 Å². The van der Waals surface area contributed by atoms with Gasteiger partial charge in [-0.25, -0.2) is 0 Å². The van der Waals surface area contributed by atoms with Gasteiger partial charge in [0.2, 0.25) is 0 Å². The second-order valence-electron chi connectivity index (χ2n) is 4.33. The Labute approximate surface area is 111 Å². The largest absolute Gasteiger partial charge is 0.872 e. The smallest absolute Gasteiger partial charge is 0.156 e. The summed E-state index contributed by atoms with van der Waals surface area (Å²) in [5.74, 6) is -0.445. The van der Waals surface area contributed by atoms with Crippen LogP contribution in [0.15, 0.2) is 42.0 Å². The van der Waals surface area contributed by atoms with Gasteiger partial charge in [0, 0.05) is 5.57 Å². The number of hydrogen-bond acceptors (Lipinski definition) is 3. The molecule has 0 aliphatic heterocycles. The number of nitriles is 1. The third-order valence-corrected chi connectivity index (χ3v) is 3.16. The maximum atomic E-state index is 12.1. The lowest BCUT2D eigenvalue weighted by Crippen LogP contribution is -2.02. The summed E-state index contributed by atoms with van der Waals surface area (Å²) in [6.07, 6.45) is 0. The van der Waals surface area contributed by atoms with Gasteiger partial charge in [-0.1, -0.05) is 42.1 Å². The normalized spacial score (nSPS) is 11.8. The highest BCUT2D eigenvalue weighted by atomic mass is 16.3. The van der Waals surface area contributed by atoms with Crippen molar-refractivity contribution in [1.29, 1.82) is 5.26 Å². The molecule has 19 heavy (non-hydrogen) atoms. The van der Waals surface area contributed by atoms with Crippen LogP contribution in [0.1, 0.15) is 19.4 Å². The van der Waals surface area contributed by atoms with Crippen molar-refractivity contribution in [1.82, 2.24) is 0 Å². The van der Waals surface area contributed by atoms with Crippen LogP contribution < -0.4 is 5.11 Å². The molecule has 0 N–H and O–H groups in total. The van der Waals surface area contributed by atoms with Crippen LogP contribution >= 0.6 is 0 Å². The fourth-order valence-corrected chi connectivity index (χ4v) is 2.01. The molecule has 0 heterocycles. The van der Waals surface area contributed by atoms with Crippen molar-refractivity contribution in [3.8, 4) is 11.8 Å². The van der Waals surface area contributed by atoms with Gasteiger partial charge in [-0.15, -0.1) is 0 Å². The molecule has 0 atom stereocenters. The molecular weight excluding hydrogens is 238 g/mol. The van der Waals surface area contributed by atoms with Crippen LogP contribution in [0.5, 0.6) is 5.75 Å². The Bertz CT molecular complexity index is 736. The van der Waals surface area contributed by atoms with E-state index in [0.717, 1.165) is 5.39 Å². The van der Waals surface area contributed by atoms with Crippen molar-refractivity contribution in [2.75, 3.05) is 0 Å². The molecule has 0 bridgehead atoms. The van der Waals surface area contributed by atoms with Crippen LogP contribution in [0, 0.1) is 11.3 Å². The van der Waals surface area contributed by atoms with E-state index >= 15 is 0 Å². The number of fused-ring (bicyclic) bond motifs is 1. The first-order valence-electron chi connectivity index (χ1n) is 5.87. The molecule has 0 saturated carbocycles. The fourth-order valence-electron chi connectivity index (χ4n) is 2.01. The lowest BCUT2D eigenvalue weighted by molar-refractivity contribution is -0.268. The molecule has 0 aliphatic carbocycles. The summed E-state index contributed by atoms with van der Waals surface area (Å²) >= 11 is 0. The van der Waals surface area contributed by atoms with Gasteiger partial charge in [-0.2, -0.15) is 5.26 Å². The van der Waals surface area contributed by atoms with Crippen LogP contribution in [-0.4, -0.2) is 5.78 Å². The molecule has 3 heteroatoms. The molecule has 0 saturated heterocycles. The summed E-state index contributed by atoms with van der Waals surface area (Å²) in [5, 5.41) is 22.9. The van der Waals surface area contributed by atoms with Gasteiger partial charge in [-0.3, -0.25) is 4.79 Å². The summed E-state index contributed by atoms with van der Waals surface area (Å²) in [7, 11) is 0. The fraction of sp³-hybridized carbons (Fsp3) is 0.125. The second-order valence-corrected chi connectivity index (χ2v) is 4.33. The first-order valence-corrected chi connectivity index (χ1v) is 5.87. The average molecular weight is 250 g/mol. The zero-order chi connectivity index (χ0) is 14.0. The summed E-state index contributed by atoms with van der Waals surface area (Å²) in [6, 6.07) is 12.5. The molecule has 0 aliphatic rings. The van der Waals surface area contributed by atoms with Crippen molar-refractivity contribution in [3.05, 3.63) is 47.5 Å². The molecule has 2 aromatic carbocycles. The highest BCUT2D eigenvalue weighted by molar-refractivity contribution is 6.08. The van der Waals surface area contributed by atoms with E-state index in [2.05, 4.69) is 0 Å². The maximum absolute atomic E-state index is 12.1. The van der Waals surface area contributed by atoms with E-state index in [1.54, 1.807) is 19.1 Å². The van der Waals surface area contributed by atoms with E-state index in [4.69, 9.17) is 0 Å². The predicted molar refractivity (Wildman–Crippen MR) is 72.3 cm³/mol. The first-order chi connectivity index (χ1) is 9.06. The molecule has 0 radical (unpaired) electrons. The number of carbonyl (C=O) groups is 1. The summed E-state index contributed by atoms with van der Waals surface area (Å²) in [4.78, 5) is 11.5. The molecule has 0 amide bonds. The minimum absolute atomic E-state index is 0.161. The summed E-state index contributed by atoms with van der Waals surface area (Å²) in [5.41, 5.74) is 0.790. The number of carbonyl (C=O) groups excluding carboxylic acids is 1. The van der Waals surface area contributed by atoms with Gasteiger partial charge in [0.15, 0.2) is 5.78 Å². The Morgan fingerprint density at radius 3 is 2.47 bits per heavy atom. The third kappa shape index (κ3) is 2.21. The quantitative estimate of drug-likeness (QED) is 0.608. The van der Waals surface area contributed by atoms with Crippen molar-refractivity contribution in [2.24, 2.45) is 0 Å². The highest BCUT2D eigenvalue weighted by Crippen LogP contribution is 2.32. The average Bonchev–Trinajstić information content (AvgIpc) is 2.41. The third-order valence-electron chi connectivity index (χ3n) is 3.16. The number of nitrogens with zero attached hydrogens (tertiary/aromatic N) is 1. The summed E-state index contributed by atoms with van der Waals surface area (Å²) in [6.45, 7) is 2.96. The van der Waals surface area contributed by atoms with E-state index in [1.807, 2.05) is 24.3 Å². The molecule has 2 rings (SSSR count). The standard InChI is InChI=1S/C16H13NO2/c1-10(11(2)18)14(9-17)16-13-6-4-3-5-12(13)7-8-15(16)19/h3-8,19H,1-2H3/p-1/b14-10+. The van der Waals surface area contributed by atoms with E-state index in [-0.39, 0.29) is 17.1 Å². The van der Waals surface area contributed by atoms with Gasteiger partial charge < -0.3 is 5.11 Å². The lowest BCUT2D eigenvalue weighted by atomic mass is 9.94. The van der Waals surface area contributed by atoms with Crippen LogP contribution in [0.3, 0.4) is 0 Å². The lowest BCUT2D eigenvalue weighted by Gasteiger charge is -2.16. The molecule has 0 fully saturated rings. The molecule has 0 unspecified atom stereocenters. The van der Waals surface area contributed by atoms with Gasteiger partial charge in [0.25, 0.3) is 0 Å². The Hall–Kier alpha value is -2.60. The van der Waals surface area contributed by atoms with Crippen LogP contribution in [0.25, 0.3) is 16.3 Å². The van der Waals surface area contributed by atoms with Crippen molar-refractivity contribution >= 4 is 22.1 Å². The number of rotatable bonds is 2. The van der Waals surface area contributed by atoms with Crippen molar-refractivity contribution < 1.29 is 9.90 Å². The number of allylic oxidation sites excluding steroid dienone is 2. The van der Waals surface area contributed by atoms with E-state index < -0.39 is 0 Å². The number of benzene rings is 2. The molecular formula is C16H12NO2-. The predicted octanol–water partition coefficient (Wildman–Crippen LogP) is 2.80. The number of ketones is 1. The minimum Gasteiger partial charge on any atom is -0.872 e. The minimum atomic E-state index is -0.240. The van der Waals surface area contributed by atoms with E-state index in [9.17, 15) is 15.2 Å². The maximum Gasteiger partial charge on any atom is 0.156 e. The van der Waals surface area contributed by atoms with Gasteiger partial charge in [-0.05, 0) is 30.2 Å². The van der Waals surface area contributed by atoms with E-state index in [1.165, 1.54) is 13.0 Å². The number of hydrogen-bond donors (Lipinski definition) is 0. The van der Waals surface area contributed by atoms with Gasteiger partial charge in [0.05, 0.1) is 5.57 Å². The second kappa shape index (κ2) is 4.95. The molecule has 3 nitrogen and oxygen atoms in total. The number of Topliss-reactive ketones (excluding diaryl/α,β-unsaturated/α-hetero) is 1. The topological polar surface area (TPSA) is 63.9 Å². The van der Waals surface area contributed by atoms with E-state index in [0.29, 0.717) is 16.5 Å².